The van der Waals surface area contributed by atoms with Crippen molar-refractivity contribution in [3.8, 4) is 0 Å². The highest BCUT2D eigenvalue weighted by Gasteiger charge is 2.37. The van der Waals surface area contributed by atoms with Gasteiger partial charge in [0.2, 0.25) is 0 Å². The van der Waals surface area contributed by atoms with Crippen molar-refractivity contribution in [1.29, 1.82) is 0 Å². The SMILES string of the molecule is CC1SC[C@H]2CN(C(C)C)CCN2c2ncc(C(F)(F)F)cc21. The first-order valence-electron chi connectivity index (χ1n) is 7.97. The molecule has 1 aromatic rings. The predicted octanol–water partition coefficient (Wildman–Crippen LogP) is 3.81. The van der Waals surface area contributed by atoms with Gasteiger partial charge in [-0.1, -0.05) is 0 Å². The summed E-state index contributed by atoms with van der Waals surface area (Å²) in [5.41, 5.74) is 0.0632. The number of hydrogen-bond donors (Lipinski definition) is 0. The first-order valence-corrected chi connectivity index (χ1v) is 9.01. The van der Waals surface area contributed by atoms with E-state index >= 15 is 0 Å². The van der Waals surface area contributed by atoms with Crippen LogP contribution in [0.15, 0.2) is 12.3 Å². The van der Waals surface area contributed by atoms with Crippen LogP contribution in [0.2, 0.25) is 0 Å². The van der Waals surface area contributed by atoms with Crippen LogP contribution in [0.4, 0.5) is 19.0 Å². The molecular weight excluding hydrogens is 323 g/mol. The summed E-state index contributed by atoms with van der Waals surface area (Å²) in [6.45, 7) is 9.04. The highest BCUT2D eigenvalue weighted by atomic mass is 32.2. The maximum atomic E-state index is 13.0. The molecule has 0 amide bonds. The number of fused-ring (bicyclic) bond motifs is 3. The van der Waals surface area contributed by atoms with Crippen LogP contribution in [0.5, 0.6) is 0 Å². The van der Waals surface area contributed by atoms with E-state index in [9.17, 15) is 13.2 Å². The Morgan fingerprint density at radius 1 is 1.30 bits per heavy atom. The van der Waals surface area contributed by atoms with Crippen LogP contribution in [0, 0.1) is 0 Å². The molecule has 2 atom stereocenters. The Morgan fingerprint density at radius 2 is 2.04 bits per heavy atom. The Hall–Kier alpha value is -0.950. The summed E-state index contributed by atoms with van der Waals surface area (Å²) < 4.78 is 39.0. The van der Waals surface area contributed by atoms with Crippen LogP contribution < -0.4 is 4.90 Å². The van der Waals surface area contributed by atoms with E-state index in [1.165, 1.54) is 6.07 Å². The predicted molar refractivity (Wildman–Crippen MR) is 88.0 cm³/mol. The fraction of sp³-hybridized carbons (Fsp3) is 0.688. The van der Waals surface area contributed by atoms with Gasteiger partial charge in [-0.25, -0.2) is 4.98 Å². The maximum absolute atomic E-state index is 13.0. The average molecular weight is 345 g/mol. The minimum atomic E-state index is -4.34. The van der Waals surface area contributed by atoms with Gasteiger partial charge in [-0.05, 0) is 26.8 Å². The number of hydrogen-bond acceptors (Lipinski definition) is 4. The summed E-state index contributed by atoms with van der Waals surface area (Å²) in [4.78, 5) is 8.87. The molecule has 0 saturated carbocycles. The van der Waals surface area contributed by atoms with E-state index < -0.39 is 11.7 Å². The van der Waals surface area contributed by atoms with Crippen molar-refractivity contribution in [2.75, 3.05) is 30.3 Å². The molecule has 2 aliphatic rings. The number of pyridine rings is 1. The second kappa shape index (κ2) is 6.16. The van der Waals surface area contributed by atoms with Crippen molar-refractivity contribution in [1.82, 2.24) is 9.88 Å². The monoisotopic (exact) mass is 345 g/mol. The summed E-state index contributed by atoms with van der Waals surface area (Å²) in [5, 5.41) is 0.0258. The summed E-state index contributed by atoms with van der Waals surface area (Å²) in [5.74, 6) is 1.66. The van der Waals surface area contributed by atoms with Gasteiger partial charge in [0.15, 0.2) is 0 Å². The van der Waals surface area contributed by atoms with Gasteiger partial charge < -0.3 is 4.90 Å². The molecule has 128 valence electrons. The zero-order valence-corrected chi connectivity index (χ0v) is 14.4. The number of rotatable bonds is 1. The van der Waals surface area contributed by atoms with Crippen molar-refractivity contribution in [2.24, 2.45) is 0 Å². The zero-order valence-electron chi connectivity index (χ0n) is 13.6. The van der Waals surface area contributed by atoms with Crippen LogP contribution in [0.25, 0.3) is 0 Å². The van der Waals surface area contributed by atoms with Gasteiger partial charge >= 0.3 is 6.18 Å². The lowest BCUT2D eigenvalue weighted by molar-refractivity contribution is -0.137. The van der Waals surface area contributed by atoms with E-state index in [2.05, 4.69) is 28.6 Å². The number of piperazine rings is 1. The van der Waals surface area contributed by atoms with Crippen LogP contribution in [-0.2, 0) is 6.18 Å². The van der Waals surface area contributed by atoms with E-state index in [-0.39, 0.29) is 5.25 Å². The third-order valence-electron chi connectivity index (χ3n) is 4.72. The molecule has 7 heteroatoms. The van der Waals surface area contributed by atoms with E-state index in [0.29, 0.717) is 17.6 Å². The molecule has 0 bridgehead atoms. The fourth-order valence-electron chi connectivity index (χ4n) is 3.28. The van der Waals surface area contributed by atoms with E-state index in [1.54, 1.807) is 11.8 Å². The number of nitrogens with zero attached hydrogens (tertiary/aromatic N) is 3. The fourth-order valence-corrected chi connectivity index (χ4v) is 4.43. The van der Waals surface area contributed by atoms with E-state index in [4.69, 9.17) is 0 Å². The third-order valence-corrected chi connectivity index (χ3v) is 6.05. The minimum absolute atomic E-state index is 0.0258. The lowest BCUT2D eigenvalue weighted by Gasteiger charge is -2.43. The van der Waals surface area contributed by atoms with Gasteiger partial charge in [-0.15, -0.1) is 0 Å². The molecule has 3 heterocycles. The zero-order chi connectivity index (χ0) is 16.8. The van der Waals surface area contributed by atoms with Crippen LogP contribution in [-0.4, -0.2) is 47.4 Å². The smallest absolute Gasteiger partial charge is 0.350 e. The first kappa shape index (κ1) is 16.9. The standard InChI is InChI=1S/C16H22F3N3S/c1-10(2)21-4-5-22-13(8-21)9-23-11(3)14-6-12(16(17,18)19)7-20-15(14)22/h6-7,10-11,13H,4-5,8-9H2,1-3H3/t11?,13-/m1/s1. The lowest BCUT2D eigenvalue weighted by Crippen LogP contribution is -2.56. The van der Waals surface area contributed by atoms with Gasteiger partial charge in [0.25, 0.3) is 0 Å². The second-order valence-corrected chi connectivity index (χ2v) is 7.92. The summed E-state index contributed by atoms with van der Waals surface area (Å²) >= 11 is 1.72. The second-order valence-electron chi connectivity index (χ2n) is 6.55. The largest absolute Gasteiger partial charge is 0.417 e. The van der Waals surface area contributed by atoms with Crippen molar-refractivity contribution >= 4 is 17.6 Å². The summed E-state index contributed by atoms with van der Waals surface area (Å²) in [6, 6.07) is 2.09. The molecule has 1 fully saturated rings. The van der Waals surface area contributed by atoms with Gasteiger partial charge in [0.05, 0.1) is 11.6 Å². The molecule has 0 aromatic carbocycles. The van der Waals surface area contributed by atoms with Crippen molar-refractivity contribution in [3.05, 3.63) is 23.4 Å². The minimum Gasteiger partial charge on any atom is -0.350 e. The number of anilines is 1. The highest BCUT2D eigenvalue weighted by Crippen LogP contribution is 2.42. The van der Waals surface area contributed by atoms with Crippen molar-refractivity contribution < 1.29 is 13.2 Å². The normalized spacial score (nSPS) is 26.0. The highest BCUT2D eigenvalue weighted by molar-refractivity contribution is 7.99. The van der Waals surface area contributed by atoms with Crippen LogP contribution in [0.1, 0.15) is 37.1 Å². The van der Waals surface area contributed by atoms with Crippen molar-refractivity contribution in [2.45, 2.75) is 44.3 Å². The third kappa shape index (κ3) is 3.31. The molecular formula is C16H22F3N3S. The quantitative estimate of drug-likeness (QED) is 0.771. The molecule has 0 N–H and O–H groups in total. The average Bonchev–Trinajstić information content (AvgIpc) is 2.63. The molecule has 1 aromatic heterocycles. The molecule has 23 heavy (non-hydrogen) atoms. The van der Waals surface area contributed by atoms with E-state index in [1.807, 2.05) is 6.92 Å². The number of aromatic nitrogens is 1. The Balaban J connectivity index is 1.95. The number of halogens is 3. The number of alkyl halides is 3. The van der Waals surface area contributed by atoms with Crippen molar-refractivity contribution in [3.63, 3.8) is 0 Å². The first-order chi connectivity index (χ1) is 10.8. The van der Waals surface area contributed by atoms with Crippen LogP contribution >= 0.6 is 11.8 Å². The van der Waals surface area contributed by atoms with Gasteiger partial charge in [0.1, 0.15) is 5.82 Å². The molecule has 3 nitrogen and oxygen atoms in total. The Morgan fingerprint density at radius 3 is 2.70 bits per heavy atom. The molecule has 1 saturated heterocycles. The Kier molecular flexibility index (Phi) is 4.53. The topological polar surface area (TPSA) is 19.4 Å². The molecule has 0 spiro atoms. The molecule has 1 unspecified atom stereocenters. The summed E-state index contributed by atoms with van der Waals surface area (Å²) in [6.07, 6.45) is -3.36. The lowest BCUT2D eigenvalue weighted by atomic mass is 10.1. The van der Waals surface area contributed by atoms with Gasteiger partial charge in [-0.3, -0.25) is 4.90 Å². The van der Waals surface area contributed by atoms with E-state index in [0.717, 1.165) is 37.4 Å². The van der Waals surface area contributed by atoms with Gasteiger partial charge in [0, 0.05) is 48.4 Å². The maximum Gasteiger partial charge on any atom is 0.417 e. The Labute approximate surface area is 139 Å². The van der Waals surface area contributed by atoms with Crippen LogP contribution in [0.3, 0.4) is 0 Å². The molecule has 2 aliphatic heterocycles. The molecule has 3 rings (SSSR count). The Bertz CT molecular complexity index is 576. The van der Waals surface area contributed by atoms with Gasteiger partial charge in [-0.2, -0.15) is 24.9 Å². The summed E-state index contributed by atoms with van der Waals surface area (Å²) in [7, 11) is 0. The molecule has 0 aliphatic carbocycles. The number of thioether (sulfide) groups is 1. The molecule has 0 radical (unpaired) electrons.